The van der Waals surface area contributed by atoms with Crippen molar-refractivity contribution >= 4 is 21.7 Å². The fourth-order valence-electron chi connectivity index (χ4n) is 2.05. The van der Waals surface area contributed by atoms with E-state index in [0.717, 1.165) is 41.2 Å². The van der Waals surface area contributed by atoms with Gasteiger partial charge in [0, 0.05) is 20.2 Å². The second-order valence-corrected chi connectivity index (χ2v) is 5.39. The average molecular weight is 354 g/mol. The zero-order chi connectivity index (χ0) is 15.2. The minimum atomic E-state index is 0.427. The van der Waals surface area contributed by atoms with Gasteiger partial charge in [0.05, 0.1) is 29.3 Å². The zero-order valence-corrected chi connectivity index (χ0v) is 14.1. The summed E-state index contributed by atoms with van der Waals surface area (Å²) in [5.74, 6) is 1.44. The topological polar surface area (TPSA) is 64.9 Å². The summed E-state index contributed by atoms with van der Waals surface area (Å²) < 4.78 is 8.13. The molecule has 2 heterocycles. The van der Waals surface area contributed by atoms with Gasteiger partial charge >= 0.3 is 0 Å². The molecule has 0 radical (unpaired) electrons. The Balaban J connectivity index is 2.49. The molecular formula is C14H20BrN5O. The maximum Gasteiger partial charge on any atom is 0.180 e. The first kappa shape index (κ1) is 15.9. The van der Waals surface area contributed by atoms with E-state index in [-0.39, 0.29) is 0 Å². The number of nitrogens with zero attached hydrogens (tertiary/aromatic N) is 4. The number of hydrogen-bond acceptors (Lipinski definition) is 5. The Bertz CT molecular complexity index is 572. The highest BCUT2D eigenvalue weighted by molar-refractivity contribution is 9.10. The van der Waals surface area contributed by atoms with Crippen LogP contribution >= 0.6 is 15.9 Å². The van der Waals surface area contributed by atoms with Crippen molar-refractivity contribution in [2.24, 2.45) is 0 Å². The van der Waals surface area contributed by atoms with Crippen molar-refractivity contribution in [3.8, 4) is 11.5 Å². The first-order chi connectivity index (χ1) is 10.2. The van der Waals surface area contributed by atoms with Gasteiger partial charge in [0.1, 0.15) is 11.5 Å². The largest absolute Gasteiger partial charge is 0.378 e. The van der Waals surface area contributed by atoms with Crippen LogP contribution in [0.4, 0.5) is 5.82 Å². The summed E-state index contributed by atoms with van der Waals surface area (Å²) in [6, 6.07) is 0. The van der Waals surface area contributed by atoms with E-state index in [1.165, 1.54) is 0 Å². The summed E-state index contributed by atoms with van der Waals surface area (Å²) in [7, 11) is 1.66. The van der Waals surface area contributed by atoms with Crippen molar-refractivity contribution < 1.29 is 4.74 Å². The molecule has 0 spiro atoms. The van der Waals surface area contributed by atoms with Crippen LogP contribution in [0.25, 0.3) is 11.5 Å². The van der Waals surface area contributed by atoms with Crippen molar-refractivity contribution in [3.05, 3.63) is 22.7 Å². The van der Waals surface area contributed by atoms with Gasteiger partial charge in [0.25, 0.3) is 0 Å². The number of aryl methyl sites for hydroxylation is 1. The molecule has 0 aliphatic rings. The summed E-state index contributed by atoms with van der Waals surface area (Å²) in [5.41, 5.74) is 1.74. The fraction of sp³-hybridized carbons (Fsp3) is 0.500. The van der Waals surface area contributed by atoms with E-state index in [1.54, 1.807) is 13.3 Å². The Morgan fingerprint density at radius 3 is 2.81 bits per heavy atom. The van der Waals surface area contributed by atoms with Crippen LogP contribution in [0.2, 0.25) is 0 Å². The third-order valence-corrected chi connectivity index (χ3v) is 3.78. The van der Waals surface area contributed by atoms with Gasteiger partial charge in [-0.05, 0) is 29.3 Å². The Hall–Kier alpha value is -1.47. The van der Waals surface area contributed by atoms with Crippen LogP contribution in [0.5, 0.6) is 0 Å². The smallest absolute Gasteiger partial charge is 0.180 e. The van der Waals surface area contributed by atoms with Crippen molar-refractivity contribution in [2.75, 3.05) is 19.0 Å². The number of rotatable bonds is 7. The molecule has 0 saturated heterocycles. The number of hydrogen-bond donors (Lipinski definition) is 1. The molecule has 0 saturated carbocycles. The number of halogens is 1. The predicted molar refractivity (Wildman–Crippen MR) is 86.1 cm³/mol. The van der Waals surface area contributed by atoms with Gasteiger partial charge in [-0.15, -0.1) is 0 Å². The third-order valence-electron chi connectivity index (χ3n) is 2.95. The van der Waals surface area contributed by atoms with Crippen LogP contribution in [-0.4, -0.2) is 33.2 Å². The molecule has 2 aromatic rings. The quantitative estimate of drug-likeness (QED) is 0.828. The third kappa shape index (κ3) is 3.59. The molecule has 0 amide bonds. The maximum atomic E-state index is 5.22. The monoisotopic (exact) mass is 353 g/mol. The van der Waals surface area contributed by atoms with Gasteiger partial charge < -0.3 is 14.6 Å². The zero-order valence-electron chi connectivity index (χ0n) is 12.6. The minimum absolute atomic E-state index is 0.427. The summed E-state index contributed by atoms with van der Waals surface area (Å²) >= 11 is 3.54. The van der Waals surface area contributed by atoms with Gasteiger partial charge in [0.15, 0.2) is 5.82 Å². The van der Waals surface area contributed by atoms with Gasteiger partial charge in [-0.3, -0.25) is 0 Å². The number of nitrogens with one attached hydrogen (secondary N) is 1. The van der Waals surface area contributed by atoms with E-state index in [2.05, 4.69) is 47.7 Å². The fourth-order valence-corrected chi connectivity index (χ4v) is 2.48. The average Bonchev–Trinajstić information content (AvgIpc) is 2.92. The molecule has 21 heavy (non-hydrogen) atoms. The van der Waals surface area contributed by atoms with E-state index >= 15 is 0 Å². The van der Waals surface area contributed by atoms with Crippen LogP contribution in [0, 0.1) is 0 Å². The van der Waals surface area contributed by atoms with E-state index in [9.17, 15) is 0 Å². The second kappa shape index (κ2) is 7.51. The lowest BCUT2D eigenvalue weighted by atomic mass is 10.3. The summed E-state index contributed by atoms with van der Waals surface area (Å²) in [4.78, 5) is 13.4. The molecule has 6 nitrogen and oxygen atoms in total. The van der Waals surface area contributed by atoms with Crippen LogP contribution in [-0.2, 0) is 17.9 Å². The number of ether oxygens (including phenoxy) is 1. The highest BCUT2D eigenvalue weighted by Crippen LogP contribution is 2.27. The van der Waals surface area contributed by atoms with E-state index in [4.69, 9.17) is 4.74 Å². The van der Waals surface area contributed by atoms with Gasteiger partial charge in [-0.2, -0.15) is 0 Å². The number of aromatic nitrogens is 4. The molecule has 2 aromatic heterocycles. The van der Waals surface area contributed by atoms with Crippen molar-refractivity contribution in [1.82, 2.24) is 19.5 Å². The molecule has 0 bridgehead atoms. The highest BCUT2D eigenvalue weighted by Gasteiger charge is 2.15. The number of anilines is 1. The molecule has 0 aliphatic heterocycles. The summed E-state index contributed by atoms with van der Waals surface area (Å²) in [5, 5.41) is 3.25. The summed E-state index contributed by atoms with van der Waals surface area (Å²) in [6.45, 7) is 6.27. The molecule has 0 fully saturated rings. The highest BCUT2D eigenvalue weighted by atomic mass is 79.9. The van der Waals surface area contributed by atoms with Crippen LogP contribution in [0.1, 0.15) is 26.0 Å². The van der Waals surface area contributed by atoms with Crippen molar-refractivity contribution in [1.29, 1.82) is 0 Å². The predicted octanol–water partition coefficient (Wildman–Crippen LogP) is 3.09. The molecule has 7 heteroatoms. The standard InChI is InChI=1S/C14H20BrN5O/c1-4-6-20-9-16-7-11(20)13-18-10(8-21-3)12(15)14(19-13)17-5-2/h7,9H,4-6,8H2,1-3H3,(H,17,18,19). The molecule has 0 atom stereocenters. The SMILES string of the molecule is CCCn1cncc1-c1nc(COC)c(Br)c(NCC)n1. The molecule has 0 aliphatic carbocycles. The van der Waals surface area contributed by atoms with Crippen LogP contribution in [0.15, 0.2) is 17.0 Å². The molecule has 2 rings (SSSR count). The van der Waals surface area contributed by atoms with Gasteiger partial charge in [0.2, 0.25) is 0 Å². The maximum absolute atomic E-state index is 5.22. The molecule has 0 unspecified atom stereocenters. The van der Waals surface area contributed by atoms with Crippen molar-refractivity contribution in [3.63, 3.8) is 0 Å². The summed E-state index contributed by atoms with van der Waals surface area (Å²) in [6.07, 6.45) is 4.64. The lowest BCUT2D eigenvalue weighted by Crippen LogP contribution is -2.08. The normalized spacial score (nSPS) is 10.9. The van der Waals surface area contributed by atoms with Crippen LogP contribution < -0.4 is 5.32 Å². The number of methoxy groups -OCH3 is 1. The second-order valence-electron chi connectivity index (χ2n) is 4.59. The molecule has 114 valence electrons. The lowest BCUT2D eigenvalue weighted by Gasteiger charge is -2.12. The Kier molecular flexibility index (Phi) is 5.69. The van der Waals surface area contributed by atoms with Gasteiger partial charge in [-0.1, -0.05) is 6.92 Å². The Morgan fingerprint density at radius 1 is 1.33 bits per heavy atom. The molecular weight excluding hydrogens is 334 g/mol. The first-order valence-corrected chi connectivity index (χ1v) is 7.80. The van der Waals surface area contributed by atoms with Crippen molar-refractivity contribution in [2.45, 2.75) is 33.4 Å². The van der Waals surface area contributed by atoms with E-state index in [1.807, 2.05) is 13.3 Å². The van der Waals surface area contributed by atoms with E-state index < -0.39 is 0 Å². The number of imidazole rings is 1. The first-order valence-electron chi connectivity index (χ1n) is 7.00. The Labute approximate surface area is 133 Å². The molecule has 0 aromatic carbocycles. The van der Waals surface area contributed by atoms with E-state index in [0.29, 0.717) is 12.4 Å². The van der Waals surface area contributed by atoms with Gasteiger partial charge in [-0.25, -0.2) is 15.0 Å². The van der Waals surface area contributed by atoms with Crippen LogP contribution in [0.3, 0.4) is 0 Å². The molecule has 1 N–H and O–H groups in total. The Morgan fingerprint density at radius 2 is 2.14 bits per heavy atom. The lowest BCUT2D eigenvalue weighted by molar-refractivity contribution is 0.181. The minimum Gasteiger partial charge on any atom is -0.378 e.